The lowest BCUT2D eigenvalue weighted by Crippen LogP contribution is -2.21. The first-order valence-electron chi connectivity index (χ1n) is 9.63. The highest BCUT2D eigenvalue weighted by Gasteiger charge is 2.12. The quantitative estimate of drug-likeness (QED) is 0.536. The summed E-state index contributed by atoms with van der Waals surface area (Å²) in [5.41, 5.74) is 1.82. The fourth-order valence-electron chi connectivity index (χ4n) is 2.73. The number of hydrogen-bond acceptors (Lipinski definition) is 5. The van der Waals surface area contributed by atoms with Crippen LogP contribution >= 0.6 is 0 Å². The molecule has 0 unspecified atom stereocenters. The lowest BCUT2D eigenvalue weighted by molar-refractivity contribution is -0.146. The van der Waals surface area contributed by atoms with Gasteiger partial charge in [-0.3, -0.25) is 14.4 Å². The van der Waals surface area contributed by atoms with Crippen molar-refractivity contribution in [3.63, 3.8) is 0 Å². The molecule has 0 saturated heterocycles. The fourth-order valence-corrected chi connectivity index (χ4v) is 2.73. The average molecular weight is 418 g/mol. The predicted molar refractivity (Wildman–Crippen MR) is 117 cm³/mol. The van der Waals surface area contributed by atoms with Crippen molar-refractivity contribution in [3.05, 3.63) is 84.4 Å². The number of amides is 2. The molecule has 0 bridgehead atoms. The molecule has 3 aromatic carbocycles. The van der Waals surface area contributed by atoms with Gasteiger partial charge in [0.15, 0.2) is 12.4 Å². The van der Waals surface area contributed by atoms with E-state index in [-0.39, 0.29) is 12.3 Å². The maximum absolute atomic E-state index is 12.2. The van der Waals surface area contributed by atoms with Crippen LogP contribution in [0.2, 0.25) is 0 Å². The van der Waals surface area contributed by atoms with Crippen molar-refractivity contribution in [2.45, 2.75) is 13.3 Å². The van der Waals surface area contributed by atoms with Crippen LogP contribution in [0, 0.1) is 0 Å². The van der Waals surface area contributed by atoms with Gasteiger partial charge in [0.05, 0.1) is 12.1 Å². The minimum Gasteiger partial charge on any atom is -0.455 e. The Balaban J connectivity index is 1.50. The van der Waals surface area contributed by atoms with E-state index in [4.69, 9.17) is 9.47 Å². The Kier molecular flexibility index (Phi) is 7.37. The van der Waals surface area contributed by atoms with Crippen LogP contribution in [-0.4, -0.2) is 24.4 Å². The summed E-state index contributed by atoms with van der Waals surface area (Å²) in [6.45, 7) is 1.00. The average Bonchev–Trinajstić information content (AvgIpc) is 2.75. The first-order chi connectivity index (χ1) is 15.0. The Bertz CT molecular complexity index is 1050. The summed E-state index contributed by atoms with van der Waals surface area (Å²) in [5, 5.41) is 5.34. The predicted octanol–water partition coefficient (Wildman–Crippen LogP) is 4.16. The molecule has 0 aliphatic carbocycles. The summed E-state index contributed by atoms with van der Waals surface area (Å²) >= 11 is 0. The summed E-state index contributed by atoms with van der Waals surface area (Å²) < 4.78 is 10.9. The Morgan fingerprint density at radius 1 is 0.806 bits per heavy atom. The van der Waals surface area contributed by atoms with E-state index < -0.39 is 18.5 Å². The smallest absolute Gasteiger partial charge is 0.310 e. The van der Waals surface area contributed by atoms with E-state index in [2.05, 4.69) is 10.6 Å². The fraction of sp³-hybridized carbons (Fsp3) is 0.125. The number of carbonyl (C=O) groups excluding carboxylic acids is 3. The molecule has 7 heteroatoms. The van der Waals surface area contributed by atoms with Crippen molar-refractivity contribution >= 4 is 29.2 Å². The standard InChI is InChI=1S/C24H22N2O5/c1-17(27)25-19-13-11-18(12-14-19)15-24(29)30-16-23(28)26-21-9-5-6-10-22(21)31-20-7-3-2-4-8-20/h2-14H,15-16H2,1H3,(H,25,27)(H,26,28). The van der Waals surface area contributed by atoms with Crippen molar-refractivity contribution in [2.24, 2.45) is 0 Å². The van der Waals surface area contributed by atoms with Crippen LogP contribution in [-0.2, 0) is 25.5 Å². The SMILES string of the molecule is CC(=O)Nc1ccc(CC(=O)OCC(=O)Nc2ccccc2Oc2ccccc2)cc1. The maximum atomic E-state index is 12.2. The molecular formula is C24H22N2O5. The van der Waals surface area contributed by atoms with Gasteiger partial charge in [-0.1, -0.05) is 42.5 Å². The van der Waals surface area contributed by atoms with Crippen molar-refractivity contribution in [3.8, 4) is 11.5 Å². The number of para-hydroxylation sites is 3. The van der Waals surface area contributed by atoms with Gasteiger partial charge in [-0.2, -0.15) is 0 Å². The second-order valence-electron chi connectivity index (χ2n) is 6.68. The van der Waals surface area contributed by atoms with Crippen LogP contribution in [0.5, 0.6) is 11.5 Å². The molecule has 0 spiro atoms. The normalized spacial score (nSPS) is 10.1. The number of carbonyl (C=O) groups is 3. The zero-order chi connectivity index (χ0) is 22.1. The Labute approximate surface area is 180 Å². The monoisotopic (exact) mass is 418 g/mol. The van der Waals surface area contributed by atoms with Gasteiger partial charge in [-0.15, -0.1) is 0 Å². The molecule has 0 aromatic heterocycles. The summed E-state index contributed by atoms with van der Waals surface area (Å²) in [4.78, 5) is 35.3. The van der Waals surface area contributed by atoms with Crippen molar-refractivity contribution < 1.29 is 23.9 Å². The van der Waals surface area contributed by atoms with Gasteiger partial charge in [0.25, 0.3) is 5.91 Å². The zero-order valence-electron chi connectivity index (χ0n) is 17.0. The van der Waals surface area contributed by atoms with E-state index in [1.54, 1.807) is 48.5 Å². The summed E-state index contributed by atoms with van der Waals surface area (Å²) in [6, 6.07) is 23.0. The number of benzene rings is 3. The molecule has 0 atom stereocenters. The molecule has 0 aliphatic rings. The largest absolute Gasteiger partial charge is 0.455 e. The number of rotatable bonds is 8. The number of nitrogens with one attached hydrogen (secondary N) is 2. The first-order valence-corrected chi connectivity index (χ1v) is 9.63. The second kappa shape index (κ2) is 10.6. The van der Waals surface area contributed by atoms with E-state index >= 15 is 0 Å². The second-order valence-corrected chi connectivity index (χ2v) is 6.68. The number of anilines is 2. The lowest BCUT2D eigenvalue weighted by atomic mass is 10.1. The highest BCUT2D eigenvalue weighted by atomic mass is 16.5. The molecule has 3 rings (SSSR count). The number of hydrogen-bond donors (Lipinski definition) is 2. The van der Waals surface area contributed by atoms with E-state index in [1.807, 2.05) is 30.3 Å². The third-order valence-corrected chi connectivity index (χ3v) is 4.12. The minimum absolute atomic E-state index is 0.0152. The topological polar surface area (TPSA) is 93.7 Å². The molecule has 3 aromatic rings. The van der Waals surface area contributed by atoms with Gasteiger partial charge >= 0.3 is 5.97 Å². The van der Waals surface area contributed by atoms with Crippen molar-refractivity contribution in [1.29, 1.82) is 0 Å². The summed E-state index contributed by atoms with van der Waals surface area (Å²) in [7, 11) is 0. The number of esters is 1. The summed E-state index contributed by atoms with van der Waals surface area (Å²) in [5.74, 6) is -0.0589. The van der Waals surface area contributed by atoms with Crippen molar-refractivity contribution in [2.75, 3.05) is 17.2 Å². The van der Waals surface area contributed by atoms with Crippen molar-refractivity contribution in [1.82, 2.24) is 0 Å². The van der Waals surface area contributed by atoms with E-state index in [0.29, 0.717) is 28.4 Å². The van der Waals surface area contributed by atoms with Gasteiger partial charge in [-0.05, 0) is 42.0 Å². The van der Waals surface area contributed by atoms with Gasteiger partial charge in [0.2, 0.25) is 5.91 Å². The van der Waals surface area contributed by atoms with E-state index in [0.717, 1.165) is 0 Å². The van der Waals surface area contributed by atoms with E-state index in [9.17, 15) is 14.4 Å². The lowest BCUT2D eigenvalue weighted by Gasteiger charge is -2.12. The molecule has 0 radical (unpaired) electrons. The molecule has 2 N–H and O–H groups in total. The maximum Gasteiger partial charge on any atom is 0.310 e. The summed E-state index contributed by atoms with van der Waals surface area (Å²) in [6.07, 6.45) is 0.0152. The molecule has 0 heterocycles. The Hall–Kier alpha value is -4.13. The van der Waals surface area contributed by atoms with Gasteiger partial charge in [-0.25, -0.2) is 0 Å². The third-order valence-electron chi connectivity index (χ3n) is 4.12. The molecular weight excluding hydrogens is 396 g/mol. The minimum atomic E-state index is -0.531. The Morgan fingerprint density at radius 2 is 1.48 bits per heavy atom. The number of ether oxygens (including phenoxy) is 2. The first kappa shape index (κ1) is 21.6. The highest BCUT2D eigenvalue weighted by Crippen LogP contribution is 2.29. The molecule has 0 fully saturated rings. The van der Waals surface area contributed by atoms with Gasteiger partial charge in [0, 0.05) is 12.6 Å². The Morgan fingerprint density at radius 3 is 2.19 bits per heavy atom. The van der Waals surface area contributed by atoms with Crippen LogP contribution in [0.15, 0.2) is 78.9 Å². The van der Waals surface area contributed by atoms with Gasteiger partial charge < -0.3 is 20.1 Å². The molecule has 7 nitrogen and oxygen atoms in total. The molecule has 2 amide bonds. The van der Waals surface area contributed by atoms with Crippen LogP contribution in [0.3, 0.4) is 0 Å². The zero-order valence-corrected chi connectivity index (χ0v) is 17.0. The molecule has 0 saturated carbocycles. The van der Waals surface area contributed by atoms with Gasteiger partial charge in [0.1, 0.15) is 5.75 Å². The molecule has 31 heavy (non-hydrogen) atoms. The third kappa shape index (κ3) is 7.01. The van der Waals surface area contributed by atoms with Crippen LogP contribution in [0.1, 0.15) is 12.5 Å². The van der Waals surface area contributed by atoms with Crippen LogP contribution < -0.4 is 15.4 Å². The van der Waals surface area contributed by atoms with Crippen LogP contribution in [0.4, 0.5) is 11.4 Å². The van der Waals surface area contributed by atoms with E-state index in [1.165, 1.54) is 6.92 Å². The van der Waals surface area contributed by atoms with Crippen LogP contribution in [0.25, 0.3) is 0 Å². The molecule has 158 valence electrons. The molecule has 0 aliphatic heterocycles. The highest BCUT2D eigenvalue weighted by molar-refractivity contribution is 5.94.